The van der Waals surface area contributed by atoms with Crippen molar-refractivity contribution in [2.24, 2.45) is 0 Å². The van der Waals surface area contributed by atoms with Gasteiger partial charge < -0.3 is 4.90 Å². The first-order valence-corrected chi connectivity index (χ1v) is 8.18. The highest BCUT2D eigenvalue weighted by Gasteiger charge is 2.45. The van der Waals surface area contributed by atoms with Crippen LogP contribution in [0.3, 0.4) is 0 Å². The number of benzene rings is 1. The van der Waals surface area contributed by atoms with Crippen molar-refractivity contribution < 1.29 is 8.42 Å². The van der Waals surface area contributed by atoms with Gasteiger partial charge >= 0.3 is 0 Å². The Morgan fingerprint density at radius 1 is 1.15 bits per heavy atom. The number of rotatable bonds is 2. The topological polar surface area (TPSA) is 64.4 Å². The first kappa shape index (κ1) is 13.6. The predicted octanol–water partition coefficient (Wildman–Crippen LogP) is 1.03. The van der Waals surface area contributed by atoms with E-state index in [0.29, 0.717) is 5.56 Å². The third kappa shape index (κ3) is 2.12. The van der Waals surface area contributed by atoms with E-state index in [4.69, 9.17) is 5.26 Å². The van der Waals surface area contributed by atoms with Crippen LogP contribution in [-0.4, -0.2) is 49.8 Å². The summed E-state index contributed by atoms with van der Waals surface area (Å²) in [5.74, 6) is 0. The molecule has 0 N–H and O–H groups in total. The van der Waals surface area contributed by atoms with E-state index in [9.17, 15) is 8.42 Å². The minimum absolute atomic E-state index is 0.0828. The third-order valence-corrected chi connectivity index (χ3v) is 6.18. The van der Waals surface area contributed by atoms with E-state index in [0.717, 1.165) is 25.9 Å². The molecule has 2 unspecified atom stereocenters. The number of hydrogen-bond donors (Lipinski definition) is 0. The summed E-state index contributed by atoms with van der Waals surface area (Å²) in [5, 5.41) is 8.79. The van der Waals surface area contributed by atoms with Crippen LogP contribution in [0.5, 0.6) is 0 Å². The van der Waals surface area contributed by atoms with Crippen molar-refractivity contribution in [3.63, 3.8) is 0 Å². The molecule has 2 fully saturated rings. The van der Waals surface area contributed by atoms with Crippen LogP contribution in [0.25, 0.3) is 0 Å². The fourth-order valence-corrected chi connectivity index (χ4v) is 5.14. The molecule has 2 atom stereocenters. The summed E-state index contributed by atoms with van der Waals surface area (Å²) in [5.41, 5.74) is 0.477. The van der Waals surface area contributed by atoms with Crippen molar-refractivity contribution >= 4 is 10.0 Å². The van der Waals surface area contributed by atoms with Crippen LogP contribution < -0.4 is 0 Å². The highest BCUT2D eigenvalue weighted by molar-refractivity contribution is 7.89. The Balaban J connectivity index is 1.94. The number of likely N-dealkylation sites (N-methyl/N-ethyl adjacent to an activating group) is 1. The molecule has 20 heavy (non-hydrogen) atoms. The van der Waals surface area contributed by atoms with Crippen molar-refractivity contribution in [2.75, 3.05) is 20.1 Å². The van der Waals surface area contributed by atoms with Crippen LogP contribution in [-0.2, 0) is 10.0 Å². The van der Waals surface area contributed by atoms with Crippen molar-refractivity contribution in [3.8, 4) is 6.07 Å². The summed E-state index contributed by atoms with van der Waals surface area (Å²) in [7, 11) is -1.41. The van der Waals surface area contributed by atoms with Gasteiger partial charge in [0.2, 0.25) is 10.0 Å². The molecular weight excluding hydrogens is 274 g/mol. The minimum Gasteiger partial charge on any atom is -0.303 e. The second-order valence-corrected chi connectivity index (χ2v) is 7.42. The maximum absolute atomic E-state index is 12.8. The van der Waals surface area contributed by atoms with Crippen molar-refractivity contribution in [1.29, 1.82) is 5.26 Å². The molecule has 1 aromatic rings. The summed E-state index contributed by atoms with van der Waals surface area (Å²) in [6.07, 6.45) is 1.87. The lowest BCUT2D eigenvalue weighted by atomic mass is 10.2. The number of fused-ring (bicyclic) bond motifs is 2. The van der Waals surface area contributed by atoms with Gasteiger partial charge in [-0.3, -0.25) is 0 Å². The Kier molecular flexibility index (Phi) is 3.28. The average molecular weight is 291 g/mol. The molecule has 0 saturated carbocycles. The number of piperazine rings is 1. The first-order valence-electron chi connectivity index (χ1n) is 6.74. The Morgan fingerprint density at radius 3 is 2.20 bits per heavy atom. The SMILES string of the molecule is CN1CC2CCC(C1)N2S(=O)(=O)c1ccc(C#N)cc1. The van der Waals surface area contributed by atoms with Crippen molar-refractivity contribution in [3.05, 3.63) is 29.8 Å². The lowest BCUT2D eigenvalue weighted by Crippen LogP contribution is -2.54. The van der Waals surface area contributed by atoms with E-state index in [-0.39, 0.29) is 17.0 Å². The van der Waals surface area contributed by atoms with E-state index < -0.39 is 10.0 Å². The van der Waals surface area contributed by atoms with Gasteiger partial charge in [0.1, 0.15) is 0 Å². The second kappa shape index (κ2) is 4.85. The lowest BCUT2D eigenvalue weighted by molar-refractivity contribution is 0.154. The number of nitrogens with zero attached hydrogens (tertiary/aromatic N) is 3. The van der Waals surface area contributed by atoms with Gasteiger partial charge in [0.05, 0.1) is 16.5 Å². The Labute approximate surface area is 119 Å². The van der Waals surface area contributed by atoms with Gasteiger partial charge in [-0.1, -0.05) is 0 Å². The molecule has 2 bridgehead atoms. The third-order valence-electron chi connectivity index (χ3n) is 4.16. The maximum atomic E-state index is 12.8. The molecular formula is C14H17N3O2S. The Hall–Kier alpha value is -1.42. The standard InChI is InChI=1S/C14H17N3O2S/c1-16-9-12-4-5-13(10-16)17(12)20(18,19)14-6-2-11(8-15)3-7-14/h2-3,6-7,12-13H,4-5,9-10H2,1H3. The van der Waals surface area contributed by atoms with Crippen LogP contribution in [0.15, 0.2) is 29.2 Å². The average Bonchev–Trinajstić information content (AvgIpc) is 2.72. The molecule has 3 rings (SSSR count). The number of nitriles is 1. The molecule has 5 nitrogen and oxygen atoms in total. The monoisotopic (exact) mass is 291 g/mol. The number of sulfonamides is 1. The molecule has 106 valence electrons. The fraction of sp³-hybridized carbons (Fsp3) is 0.500. The van der Waals surface area contributed by atoms with Crippen LogP contribution in [0.2, 0.25) is 0 Å². The molecule has 2 heterocycles. The molecule has 0 spiro atoms. The zero-order valence-electron chi connectivity index (χ0n) is 11.4. The van der Waals surface area contributed by atoms with Crippen molar-refractivity contribution in [2.45, 2.75) is 29.8 Å². The second-order valence-electron chi connectivity index (χ2n) is 5.58. The van der Waals surface area contributed by atoms with E-state index >= 15 is 0 Å². The van der Waals surface area contributed by atoms with Gasteiger partial charge in [0, 0.05) is 25.2 Å². The molecule has 0 radical (unpaired) electrons. The highest BCUT2D eigenvalue weighted by atomic mass is 32.2. The van der Waals surface area contributed by atoms with Gasteiger partial charge in [0.15, 0.2) is 0 Å². The normalized spacial score (nSPS) is 27.4. The summed E-state index contributed by atoms with van der Waals surface area (Å²) in [6, 6.07) is 8.36. The highest BCUT2D eigenvalue weighted by Crippen LogP contribution is 2.34. The smallest absolute Gasteiger partial charge is 0.243 e. The summed E-state index contributed by atoms with van der Waals surface area (Å²) in [4.78, 5) is 2.49. The van der Waals surface area contributed by atoms with Gasteiger partial charge in [-0.2, -0.15) is 9.57 Å². The van der Waals surface area contributed by atoms with E-state index in [2.05, 4.69) is 4.90 Å². The van der Waals surface area contributed by atoms with Crippen LogP contribution in [0.1, 0.15) is 18.4 Å². The molecule has 2 aliphatic heterocycles. The summed E-state index contributed by atoms with van der Waals surface area (Å²) >= 11 is 0. The quantitative estimate of drug-likeness (QED) is 0.816. The van der Waals surface area contributed by atoms with Gasteiger partial charge in [-0.05, 0) is 44.2 Å². The summed E-state index contributed by atoms with van der Waals surface area (Å²) in [6.45, 7) is 1.60. The van der Waals surface area contributed by atoms with Gasteiger partial charge in [0.25, 0.3) is 0 Å². The van der Waals surface area contributed by atoms with Crippen LogP contribution >= 0.6 is 0 Å². The molecule has 2 saturated heterocycles. The van der Waals surface area contributed by atoms with E-state index in [1.165, 1.54) is 12.1 Å². The molecule has 1 aromatic carbocycles. The van der Waals surface area contributed by atoms with Crippen LogP contribution in [0.4, 0.5) is 0 Å². The van der Waals surface area contributed by atoms with Crippen molar-refractivity contribution in [1.82, 2.24) is 9.21 Å². The fourth-order valence-electron chi connectivity index (χ4n) is 3.29. The Bertz CT molecular complexity index is 634. The van der Waals surface area contributed by atoms with Gasteiger partial charge in [-0.15, -0.1) is 0 Å². The largest absolute Gasteiger partial charge is 0.303 e. The molecule has 0 amide bonds. The maximum Gasteiger partial charge on any atom is 0.243 e. The minimum atomic E-state index is -3.45. The number of likely N-dealkylation sites (tertiary alicyclic amines) is 1. The van der Waals surface area contributed by atoms with Gasteiger partial charge in [-0.25, -0.2) is 8.42 Å². The molecule has 2 aliphatic rings. The zero-order chi connectivity index (χ0) is 14.3. The first-order chi connectivity index (χ1) is 9.52. The molecule has 6 heteroatoms. The van der Waals surface area contributed by atoms with E-state index in [1.807, 2.05) is 13.1 Å². The number of hydrogen-bond acceptors (Lipinski definition) is 4. The summed E-state index contributed by atoms with van der Waals surface area (Å²) < 4.78 is 27.2. The van der Waals surface area contributed by atoms with E-state index in [1.54, 1.807) is 16.4 Å². The molecule has 0 aromatic heterocycles. The predicted molar refractivity (Wildman–Crippen MR) is 74.5 cm³/mol. The zero-order valence-corrected chi connectivity index (χ0v) is 12.2. The molecule has 0 aliphatic carbocycles. The lowest BCUT2D eigenvalue weighted by Gasteiger charge is -2.38. The van der Waals surface area contributed by atoms with Crippen LogP contribution in [0, 0.1) is 11.3 Å². The Morgan fingerprint density at radius 2 is 1.70 bits per heavy atom.